The Kier molecular flexibility index (Phi) is 7.23. The number of rotatable bonds is 5. The summed E-state index contributed by atoms with van der Waals surface area (Å²) < 4.78 is 0. The van der Waals surface area contributed by atoms with Crippen molar-refractivity contribution in [3.05, 3.63) is 31.2 Å². The third kappa shape index (κ3) is 7.38. The summed E-state index contributed by atoms with van der Waals surface area (Å²) in [6, 6.07) is 0. The zero-order chi connectivity index (χ0) is 8.53. The maximum atomic E-state index is 3.97. The first-order valence-corrected chi connectivity index (χ1v) is 4.47. The zero-order valence-electron chi connectivity index (χ0n) is 7.72. The van der Waals surface area contributed by atoms with Gasteiger partial charge in [-0.3, -0.25) is 0 Å². The molecule has 0 rings (SSSR count). The Hall–Kier alpha value is -0.520. The molecule has 0 amide bonds. The smallest absolute Gasteiger partial charge is 0.00532 e. The van der Waals surface area contributed by atoms with Crippen molar-refractivity contribution in [2.75, 3.05) is 0 Å². The monoisotopic (exact) mass is 151 g/mol. The van der Waals surface area contributed by atoms with Crippen LogP contribution in [0.25, 0.3) is 0 Å². The van der Waals surface area contributed by atoms with E-state index in [0.717, 1.165) is 6.42 Å². The van der Waals surface area contributed by atoms with Gasteiger partial charge in [0.1, 0.15) is 0 Å². The summed E-state index contributed by atoms with van der Waals surface area (Å²) in [5.41, 5.74) is 0. The first-order valence-electron chi connectivity index (χ1n) is 4.47. The summed E-state index contributed by atoms with van der Waals surface area (Å²) in [5.74, 6) is 0.363. The van der Waals surface area contributed by atoms with Gasteiger partial charge in [0.25, 0.3) is 0 Å². The van der Waals surface area contributed by atoms with Crippen molar-refractivity contribution in [1.29, 1.82) is 0 Å². The molecule has 1 atom stereocenters. The molecule has 0 aromatic heterocycles. The molecule has 0 aliphatic heterocycles. The Labute approximate surface area is 71.0 Å². The molecule has 0 spiro atoms. The van der Waals surface area contributed by atoms with Crippen LogP contribution in [0.4, 0.5) is 0 Å². The summed E-state index contributed by atoms with van der Waals surface area (Å²) in [7, 11) is 0. The fraction of sp³-hybridized carbons (Fsp3) is 0.545. The molecule has 0 aromatic carbocycles. The lowest BCUT2D eigenvalue weighted by molar-refractivity contribution is 0.938. The normalized spacial score (nSPS) is 14.8. The fourth-order valence-electron chi connectivity index (χ4n) is 0.813. The van der Waals surface area contributed by atoms with Crippen LogP contribution in [0.3, 0.4) is 0 Å². The van der Waals surface area contributed by atoms with Crippen LogP contribution in [-0.4, -0.2) is 0 Å². The lowest BCUT2D eigenvalue weighted by Crippen LogP contribution is -1.81. The predicted molar refractivity (Wildman–Crippen MR) is 52.3 cm³/mol. The second-order valence-electron chi connectivity index (χ2n) is 2.72. The Morgan fingerprint density at radius 2 is 1.82 bits per heavy atom. The average molecular weight is 151 g/mol. The van der Waals surface area contributed by atoms with Gasteiger partial charge in [-0.15, -0.1) is 0 Å². The van der Waals surface area contributed by atoms with Crippen molar-refractivity contribution in [2.24, 2.45) is 5.92 Å². The molecule has 0 nitrogen and oxygen atoms in total. The van der Waals surface area contributed by atoms with E-state index in [-0.39, 0.29) is 0 Å². The van der Waals surface area contributed by atoms with Crippen LogP contribution in [0.15, 0.2) is 24.3 Å². The van der Waals surface area contributed by atoms with Gasteiger partial charge in [-0.05, 0) is 25.7 Å². The Morgan fingerprint density at radius 3 is 2.36 bits per heavy atom. The Balaban J connectivity index is 3.50. The Morgan fingerprint density at radius 1 is 1.18 bits per heavy atom. The summed E-state index contributed by atoms with van der Waals surface area (Å²) in [4.78, 5) is 0. The van der Waals surface area contributed by atoms with Gasteiger partial charge < -0.3 is 0 Å². The molecule has 0 aliphatic rings. The van der Waals surface area contributed by atoms with Gasteiger partial charge in [-0.25, -0.2) is 0 Å². The van der Waals surface area contributed by atoms with Crippen molar-refractivity contribution < 1.29 is 0 Å². The van der Waals surface area contributed by atoms with Crippen LogP contribution >= 0.6 is 0 Å². The first kappa shape index (κ1) is 10.5. The van der Waals surface area contributed by atoms with Gasteiger partial charge in [-0.2, -0.15) is 0 Å². The number of allylic oxidation sites excluding steroid dienone is 4. The van der Waals surface area contributed by atoms with Crippen LogP contribution < -0.4 is 0 Å². The molecule has 1 unspecified atom stereocenters. The zero-order valence-corrected chi connectivity index (χ0v) is 7.72. The van der Waals surface area contributed by atoms with E-state index in [4.69, 9.17) is 0 Å². The molecule has 0 aliphatic carbocycles. The molecule has 0 bridgehead atoms. The molecule has 0 N–H and O–H groups in total. The summed E-state index contributed by atoms with van der Waals surface area (Å²) >= 11 is 0. The molecule has 0 heteroatoms. The quantitative estimate of drug-likeness (QED) is 0.525. The molecule has 0 saturated heterocycles. The molecule has 0 saturated carbocycles. The van der Waals surface area contributed by atoms with E-state index >= 15 is 0 Å². The highest BCUT2D eigenvalue weighted by Crippen LogP contribution is 2.01. The summed E-state index contributed by atoms with van der Waals surface area (Å²) in [6.45, 7) is 8.30. The van der Waals surface area contributed by atoms with E-state index in [0.29, 0.717) is 5.92 Å². The van der Waals surface area contributed by atoms with E-state index in [1.807, 2.05) is 0 Å². The maximum Gasteiger partial charge on any atom is -0.00532 e. The third-order valence-electron chi connectivity index (χ3n) is 1.46. The van der Waals surface area contributed by atoms with Crippen LogP contribution in [-0.2, 0) is 0 Å². The SMILES string of the molecule is [CH2]C(C=CCC)C=CCCC. The van der Waals surface area contributed by atoms with Gasteiger partial charge in [-0.1, -0.05) is 44.6 Å². The highest BCUT2D eigenvalue weighted by molar-refractivity contribution is 5.01. The number of hydrogen-bond acceptors (Lipinski definition) is 0. The van der Waals surface area contributed by atoms with Gasteiger partial charge in [0.2, 0.25) is 0 Å². The van der Waals surface area contributed by atoms with E-state index in [1.165, 1.54) is 12.8 Å². The van der Waals surface area contributed by atoms with Crippen LogP contribution in [0.1, 0.15) is 33.1 Å². The van der Waals surface area contributed by atoms with Crippen LogP contribution in [0, 0.1) is 12.8 Å². The number of unbranched alkanes of at least 4 members (excludes halogenated alkanes) is 1. The van der Waals surface area contributed by atoms with Crippen LogP contribution in [0.2, 0.25) is 0 Å². The molecule has 0 heterocycles. The third-order valence-corrected chi connectivity index (χ3v) is 1.46. The topological polar surface area (TPSA) is 0 Å². The van der Waals surface area contributed by atoms with Gasteiger partial charge in [0, 0.05) is 0 Å². The fourth-order valence-corrected chi connectivity index (χ4v) is 0.813. The molecular weight excluding hydrogens is 132 g/mol. The molecule has 0 fully saturated rings. The van der Waals surface area contributed by atoms with Crippen molar-refractivity contribution in [3.63, 3.8) is 0 Å². The van der Waals surface area contributed by atoms with Crippen molar-refractivity contribution >= 4 is 0 Å². The Bertz CT molecular complexity index is 120. The molecular formula is C11H19. The molecule has 0 aromatic rings. The van der Waals surface area contributed by atoms with E-state index in [2.05, 4.69) is 45.1 Å². The summed E-state index contributed by atoms with van der Waals surface area (Å²) in [5, 5.41) is 0. The summed E-state index contributed by atoms with van der Waals surface area (Å²) in [6.07, 6.45) is 12.2. The largest absolute Gasteiger partial charge is 0.0882 e. The predicted octanol–water partition coefficient (Wildman–Crippen LogP) is 3.76. The van der Waals surface area contributed by atoms with Gasteiger partial charge in [0.05, 0.1) is 0 Å². The molecule has 11 heavy (non-hydrogen) atoms. The lowest BCUT2D eigenvalue weighted by Gasteiger charge is -1.95. The standard InChI is InChI=1S/C11H19/c1-4-6-8-10-11(3)9-7-5-2/h7-11H,3-6H2,1-2H3. The number of hydrogen-bond donors (Lipinski definition) is 0. The van der Waals surface area contributed by atoms with E-state index < -0.39 is 0 Å². The second-order valence-corrected chi connectivity index (χ2v) is 2.72. The van der Waals surface area contributed by atoms with Crippen LogP contribution in [0.5, 0.6) is 0 Å². The highest BCUT2D eigenvalue weighted by atomic mass is 13.9. The van der Waals surface area contributed by atoms with Crippen molar-refractivity contribution in [1.82, 2.24) is 0 Å². The molecule has 1 radical (unpaired) electrons. The minimum atomic E-state index is 0.363. The minimum absolute atomic E-state index is 0.363. The van der Waals surface area contributed by atoms with Gasteiger partial charge in [0.15, 0.2) is 0 Å². The first-order chi connectivity index (χ1) is 5.31. The van der Waals surface area contributed by atoms with Gasteiger partial charge >= 0.3 is 0 Å². The van der Waals surface area contributed by atoms with E-state index in [9.17, 15) is 0 Å². The van der Waals surface area contributed by atoms with Crippen molar-refractivity contribution in [2.45, 2.75) is 33.1 Å². The second kappa shape index (κ2) is 7.59. The van der Waals surface area contributed by atoms with E-state index in [1.54, 1.807) is 0 Å². The minimum Gasteiger partial charge on any atom is -0.0882 e. The average Bonchev–Trinajstić information content (AvgIpc) is 2.01. The molecule has 63 valence electrons. The maximum absolute atomic E-state index is 3.97. The lowest BCUT2D eigenvalue weighted by atomic mass is 10.1. The highest BCUT2D eigenvalue weighted by Gasteiger charge is 1.86. The van der Waals surface area contributed by atoms with Crippen molar-refractivity contribution in [3.8, 4) is 0 Å².